The molecular formula is C12H15NO2. The van der Waals surface area contributed by atoms with Crippen LogP contribution in [0.15, 0.2) is 30.5 Å². The van der Waals surface area contributed by atoms with Crippen LogP contribution in [0.5, 0.6) is 0 Å². The van der Waals surface area contributed by atoms with Crippen LogP contribution in [-0.4, -0.2) is 16.3 Å². The highest BCUT2D eigenvalue weighted by atomic mass is 16.5. The van der Waals surface area contributed by atoms with Crippen molar-refractivity contribution >= 4 is 10.9 Å². The predicted octanol–water partition coefficient (Wildman–Crippen LogP) is 2.13. The van der Waals surface area contributed by atoms with Crippen LogP contribution < -0.4 is 0 Å². The van der Waals surface area contributed by atoms with Crippen molar-refractivity contribution in [2.24, 2.45) is 0 Å². The minimum absolute atomic E-state index is 0.0899. The van der Waals surface area contributed by atoms with Crippen molar-refractivity contribution in [3.8, 4) is 0 Å². The summed E-state index contributed by atoms with van der Waals surface area (Å²) in [5.41, 5.74) is 2.08. The van der Waals surface area contributed by atoms with E-state index in [1.165, 1.54) is 0 Å². The molecule has 0 saturated heterocycles. The first-order valence-electron chi connectivity index (χ1n) is 5.11. The van der Waals surface area contributed by atoms with Crippen molar-refractivity contribution < 1.29 is 9.84 Å². The predicted molar refractivity (Wildman–Crippen MR) is 59.5 cm³/mol. The van der Waals surface area contributed by atoms with Crippen molar-refractivity contribution in [3.63, 3.8) is 0 Å². The van der Waals surface area contributed by atoms with Gasteiger partial charge in [0.15, 0.2) is 0 Å². The van der Waals surface area contributed by atoms with Gasteiger partial charge in [-0.25, -0.2) is 0 Å². The number of nitrogens with zero attached hydrogens (tertiary/aromatic N) is 1. The first-order valence-corrected chi connectivity index (χ1v) is 5.11. The molecule has 2 aromatic rings. The molecule has 0 saturated carbocycles. The van der Waals surface area contributed by atoms with Gasteiger partial charge < -0.3 is 14.4 Å². The Morgan fingerprint density at radius 1 is 1.33 bits per heavy atom. The lowest BCUT2D eigenvalue weighted by molar-refractivity contribution is 0.0909. The van der Waals surface area contributed by atoms with E-state index in [1.807, 2.05) is 37.4 Å². The summed E-state index contributed by atoms with van der Waals surface area (Å²) in [6.45, 7) is 3.37. The first kappa shape index (κ1) is 10.2. The maximum Gasteiger partial charge on any atom is 0.122 e. The zero-order valence-corrected chi connectivity index (χ0v) is 8.81. The van der Waals surface area contributed by atoms with E-state index in [2.05, 4.69) is 4.57 Å². The number of aliphatic hydroxyl groups is 1. The summed E-state index contributed by atoms with van der Waals surface area (Å²) in [7, 11) is 0. The monoisotopic (exact) mass is 205 g/mol. The summed E-state index contributed by atoms with van der Waals surface area (Å²) in [5.74, 6) is 0. The van der Waals surface area contributed by atoms with Crippen molar-refractivity contribution in [3.05, 3.63) is 36.0 Å². The molecule has 0 fully saturated rings. The van der Waals surface area contributed by atoms with Crippen molar-refractivity contribution in [1.82, 2.24) is 4.57 Å². The zero-order chi connectivity index (χ0) is 10.7. The standard InChI is InChI=1S/C12H15NO2/c1-2-15-9-13-6-5-11-7-10(8-14)3-4-12(11)13/h3-7,14H,2,8-9H2,1H3. The molecule has 0 radical (unpaired) electrons. The fourth-order valence-electron chi connectivity index (χ4n) is 1.65. The number of hydrogen-bond acceptors (Lipinski definition) is 2. The van der Waals surface area contributed by atoms with Crippen LogP contribution in [0.25, 0.3) is 10.9 Å². The van der Waals surface area contributed by atoms with Crippen molar-refractivity contribution in [1.29, 1.82) is 0 Å². The van der Waals surface area contributed by atoms with Gasteiger partial charge in [-0.3, -0.25) is 0 Å². The van der Waals surface area contributed by atoms with Gasteiger partial charge >= 0.3 is 0 Å². The third-order valence-electron chi connectivity index (χ3n) is 2.45. The molecule has 1 N–H and O–H groups in total. The normalized spacial score (nSPS) is 11.1. The second-order valence-electron chi connectivity index (χ2n) is 3.46. The Morgan fingerprint density at radius 2 is 2.20 bits per heavy atom. The Hall–Kier alpha value is -1.32. The number of benzene rings is 1. The van der Waals surface area contributed by atoms with E-state index in [1.54, 1.807) is 0 Å². The third kappa shape index (κ3) is 2.03. The summed E-state index contributed by atoms with van der Waals surface area (Å²) >= 11 is 0. The molecule has 1 aromatic heterocycles. The number of rotatable bonds is 4. The van der Waals surface area contributed by atoms with E-state index in [9.17, 15) is 0 Å². The van der Waals surface area contributed by atoms with E-state index in [0.717, 1.165) is 16.5 Å². The van der Waals surface area contributed by atoms with Gasteiger partial charge in [0.25, 0.3) is 0 Å². The zero-order valence-electron chi connectivity index (χ0n) is 8.81. The van der Waals surface area contributed by atoms with Gasteiger partial charge in [-0.15, -0.1) is 0 Å². The van der Waals surface area contributed by atoms with E-state index in [0.29, 0.717) is 13.3 Å². The van der Waals surface area contributed by atoms with Crippen molar-refractivity contribution in [2.45, 2.75) is 20.3 Å². The van der Waals surface area contributed by atoms with Crippen LogP contribution >= 0.6 is 0 Å². The highest BCUT2D eigenvalue weighted by Gasteiger charge is 2.01. The third-order valence-corrected chi connectivity index (χ3v) is 2.45. The number of fused-ring (bicyclic) bond motifs is 1. The largest absolute Gasteiger partial charge is 0.392 e. The highest BCUT2D eigenvalue weighted by molar-refractivity contribution is 5.80. The Morgan fingerprint density at radius 3 is 2.93 bits per heavy atom. The van der Waals surface area contributed by atoms with Crippen LogP contribution in [0.2, 0.25) is 0 Å². The molecule has 1 aromatic carbocycles. The fraction of sp³-hybridized carbons (Fsp3) is 0.333. The van der Waals surface area contributed by atoms with E-state index < -0.39 is 0 Å². The second kappa shape index (κ2) is 4.47. The maximum atomic E-state index is 9.01. The molecule has 0 aliphatic rings. The van der Waals surface area contributed by atoms with Gasteiger partial charge in [0.05, 0.1) is 6.61 Å². The fourth-order valence-corrected chi connectivity index (χ4v) is 1.65. The molecule has 2 rings (SSSR count). The van der Waals surface area contributed by atoms with Gasteiger partial charge in [-0.05, 0) is 36.1 Å². The SMILES string of the molecule is CCOCn1ccc2cc(CO)ccc21. The molecule has 0 aliphatic heterocycles. The molecule has 3 nitrogen and oxygen atoms in total. The molecule has 1 heterocycles. The molecule has 15 heavy (non-hydrogen) atoms. The Bertz CT molecular complexity index is 448. The lowest BCUT2D eigenvalue weighted by Gasteiger charge is -2.05. The average Bonchev–Trinajstić information content (AvgIpc) is 2.68. The highest BCUT2D eigenvalue weighted by Crippen LogP contribution is 2.17. The number of ether oxygens (including phenoxy) is 1. The second-order valence-corrected chi connectivity index (χ2v) is 3.46. The molecule has 0 amide bonds. The molecule has 0 spiro atoms. The summed E-state index contributed by atoms with van der Waals surface area (Å²) in [6, 6.07) is 7.98. The smallest absolute Gasteiger partial charge is 0.122 e. The van der Waals surface area contributed by atoms with Crippen molar-refractivity contribution in [2.75, 3.05) is 6.61 Å². The number of aliphatic hydroxyl groups excluding tert-OH is 1. The number of hydrogen-bond donors (Lipinski definition) is 1. The molecule has 0 aliphatic carbocycles. The van der Waals surface area contributed by atoms with Gasteiger partial charge in [-0.2, -0.15) is 0 Å². The summed E-state index contributed by atoms with van der Waals surface area (Å²) in [4.78, 5) is 0. The van der Waals surface area contributed by atoms with Crippen LogP contribution in [0, 0.1) is 0 Å². The molecule has 3 heteroatoms. The quantitative estimate of drug-likeness (QED) is 0.829. The van der Waals surface area contributed by atoms with Crippen LogP contribution in [0.4, 0.5) is 0 Å². The lowest BCUT2D eigenvalue weighted by Crippen LogP contribution is -2.00. The molecule has 80 valence electrons. The Labute approximate surface area is 88.9 Å². The van der Waals surface area contributed by atoms with Gasteiger partial charge in [0.2, 0.25) is 0 Å². The molecule has 0 bridgehead atoms. The summed E-state index contributed by atoms with van der Waals surface area (Å²) < 4.78 is 7.41. The Balaban J connectivity index is 2.34. The average molecular weight is 205 g/mol. The molecule has 0 unspecified atom stereocenters. The molecular weight excluding hydrogens is 190 g/mol. The Kier molecular flexibility index (Phi) is 3.04. The summed E-state index contributed by atoms with van der Waals surface area (Å²) in [6.07, 6.45) is 2.00. The number of aromatic nitrogens is 1. The van der Waals surface area contributed by atoms with Crippen LogP contribution in [0.3, 0.4) is 0 Å². The molecule has 0 atom stereocenters. The minimum Gasteiger partial charge on any atom is -0.392 e. The van der Waals surface area contributed by atoms with Crippen LogP contribution in [0.1, 0.15) is 12.5 Å². The van der Waals surface area contributed by atoms with E-state index >= 15 is 0 Å². The first-order chi connectivity index (χ1) is 7.35. The van der Waals surface area contributed by atoms with Crippen LogP contribution in [-0.2, 0) is 18.1 Å². The van der Waals surface area contributed by atoms with E-state index in [4.69, 9.17) is 9.84 Å². The maximum absolute atomic E-state index is 9.01. The van der Waals surface area contributed by atoms with Gasteiger partial charge in [0, 0.05) is 18.3 Å². The lowest BCUT2D eigenvalue weighted by atomic mass is 10.2. The van der Waals surface area contributed by atoms with Gasteiger partial charge in [0.1, 0.15) is 6.73 Å². The topological polar surface area (TPSA) is 34.4 Å². The van der Waals surface area contributed by atoms with Gasteiger partial charge in [-0.1, -0.05) is 6.07 Å². The minimum atomic E-state index is 0.0899. The van der Waals surface area contributed by atoms with E-state index in [-0.39, 0.29) is 6.61 Å². The summed E-state index contributed by atoms with van der Waals surface area (Å²) in [5, 5.41) is 10.2.